The normalized spacial score (nSPS) is 10.5. The number of aryl methyl sites for hydroxylation is 1. The molecule has 0 aliphatic carbocycles. The summed E-state index contributed by atoms with van der Waals surface area (Å²) in [5, 5.41) is 10.5. The first-order valence-corrected chi connectivity index (χ1v) is 4.60. The maximum Gasteiger partial charge on any atom is 0.387 e. The van der Waals surface area contributed by atoms with E-state index in [0.717, 1.165) is 0 Å². The summed E-state index contributed by atoms with van der Waals surface area (Å²) in [6, 6.07) is 2.56. The predicted molar refractivity (Wildman–Crippen MR) is 52.2 cm³/mol. The van der Waals surface area contributed by atoms with Gasteiger partial charge in [-0.15, -0.1) is 0 Å². The van der Waals surface area contributed by atoms with E-state index in [1.165, 1.54) is 12.1 Å². The fourth-order valence-corrected chi connectivity index (χ4v) is 1.50. The van der Waals surface area contributed by atoms with Gasteiger partial charge in [0.1, 0.15) is 10.2 Å². The summed E-state index contributed by atoms with van der Waals surface area (Å²) in [6.45, 7) is -1.46. The third-order valence-corrected chi connectivity index (χ3v) is 2.37. The van der Waals surface area contributed by atoms with Crippen LogP contribution in [0.3, 0.4) is 0 Å². The molecule has 0 aromatic heterocycles. The standard InChI is InChI=1S/C8H6BrF2NO3/c1-4-2-5(12(13)14)7(9)6(3-4)15-8(10)11/h2-3,8H,1H3. The summed E-state index contributed by atoms with van der Waals surface area (Å²) < 4.78 is 28.0. The largest absolute Gasteiger partial charge is 0.433 e. The zero-order chi connectivity index (χ0) is 11.6. The number of benzene rings is 1. The lowest BCUT2D eigenvalue weighted by Gasteiger charge is -2.07. The Morgan fingerprint density at radius 1 is 1.53 bits per heavy atom. The predicted octanol–water partition coefficient (Wildman–Crippen LogP) is 3.27. The number of hydrogen-bond donors (Lipinski definition) is 0. The van der Waals surface area contributed by atoms with Gasteiger partial charge in [-0.2, -0.15) is 8.78 Å². The molecule has 15 heavy (non-hydrogen) atoms. The molecule has 1 rings (SSSR count). The molecule has 0 saturated carbocycles. The van der Waals surface area contributed by atoms with Crippen LogP contribution >= 0.6 is 15.9 Å². The molecule has 0 saturated heterocycles. The van der Waals surface area contributed by atoms with Gasteiger partial charge in [0.2, 0.25) is 0 Å². The molecule has 0 atom stereocenters. The summed E-state index contributed by atoms with van der Waals surface area (Å²) in [6.07, 6.45) is 0. The Labute approximate surface area is 92.1 Å². The van der Waals surface area contributed by atoms with Gasteiger partial charge in [0, 0.05) is 6.07 Å². The van der Waals surface area contributed by atoms with Crippen LogP contribution in [0.1, 0.15) is 5.56 Å². The van der Waals surface area contributed by atoms with E-state index in [2.05, 4.69) is 20.7 Å². The number of nitro benzene ring substituents is 1. The lowest BCUT2D eigenvalue weighted by atomic mass is 10.2. The molecule has 0 aliphatic heterocycles. The summed E-state index contributed by atoms with van der Waals surface area (Å²) in [4.78, 5) is 9.87. The van der Waals surface area contributed by atoms with Crippen LogP contribution in [-0.4, -0.2) is 11.5 Å². The molecule has 1 aromatic rings. The molecule has 1 aromatic carbocycles. The molecule has 0 unspecified atom stereocenters. The summed E-state index contributed by atoms with van der Waals surface area (Å²) in [7, 11) is 0. The Morgan fingerprint density at radius 2 is 2.13 bits per heavy atom. The van der Waals surface area contributed by atoms with Gasteiger partial charge in [-0.3, -0.25) is 10.1 Å². The topological polar surface area (TPSA) is 52.4 Å². The first kappa shape index (κ1) is 11.8. The lowest BCUT2D eigenvalue weighted by Crippen LogP contribution is -2.04. The van der Waals surface area contributed by atoms with Crippen molar-refractivity contribution in [2.75, 3.05) is 0 Å². The van der Waals surface area contributed by atoms with Crippen molar-refractivity contribution in [2.45, 2.75) is 13.5 Å². The van der Waals surface area contributed by atoms with E-state index in [9.17, 15) is 18.9 Å². The smallest absolute Gasteiger partial charge is 0.387 e. The Morgan fingerprint density at radius 3 is 2.60 bits per heavy atom. The maximum absolute atomic E-state index is 12.0. The Bertz CT molecular complexity index is 398. The molecule has 0 radical (unpaired) electrons. The van der Waals surface area contributed by atoms with Crippen molar-refractivity contribution in [3.63, 3.8) is 0 Å². The molecule has 0 aliphatic rings. The zero-order valence-electron chi connectivity index (χ0n) is 7.54. The highest BCUT2D eigenvalue weighted by Crippen LogP contribution is 2.36. The van der Waals surface area contributed by atoms with Crippen molar-refractivity contribution in [1.29, 1.82) is 0 Å². The lowest BCUT2D eigenvalue weighted by molar-refractivity contribution is -0.385. The molecule has 0 heterocycles. The number of halogens is 3. The van der Waals surface area contributed by atoms with Crippen LogP contribution in [0.5, 0.6) is 5.75 Å². The van der Waals surface area contributed by atoms with Crippen LogP contribution in [0.15, 0.2) is 16.6 Å². The molecule has 0 fully saturated rings. The fraction of sp³-hybridized carbons (Fsp3) is 0.250. The summed E-state index contributed by atoms with van der Waals surface area (Å²) in [5.41, 5.74) is 0.172. The third kappa shape index (κ3) is 2.85. The third-order valence-electron chi connectivity index (χ3n) is 1.58. The number of rotatable bonds is 3. The van der Waals surface area contributed by atoms with Crippen LogP contribution in [0.25, 0.3) is 0 Å². The molecular weight excluding hydrogens is 276 g/mol. The van der Waals surface area contributed by atoms with E-state index in [1.54, 1.807) is 6.92 Å². The van der Waals surface area contributed by atoms with E-state index < -0.39 is 11.5 Å². The van der Waals surface area contributed by atoms with Crippen molar-refractivity contribution >= 4 is 21.6 Å². The van der Waals surface area contributed by atoms with Crippen LogP contribution in [0.2, 0.25) is 0 Å². The summed E-state index contributed by atoms with van der Waals surface area (Å²) in [5.74, 6) is -0.239. The van der Waals surface area contributed by atoms with Crippen molar-refractivity contribution in [1.82, 2.24) is 0 Å². The Hall–Kier alpha value is -1.24. The first-order chi connectivity index (χ1) is 6.91. The molecule has 82 valence electrons. The highest BCUT2D eigenvalue weighted by molar-refractivity contribution is 9.10. The number of alkyl halides is 2. The van der Waals surface area contributed by atoms with Crippen LogP contribution < -0.4 is 4.74 Å². The van der Waals surface area contributed by atoms with Crippen molar-refractivity contribution in [3.05, 3.63) is 32.3 Å². The maximum atomic E-state index is 12.0. The van der Waals surface area contributed by atoms with Crippen LogP contribution in [0, 0.1) is 17.0 Å². The molecule has 0 bridgehead atoms. The minimum absolute atomic E-state index is 0.0848. The van der Waals surface area contributed by atoms with Crippen molar-refractivity contribution < 1.29 is 18.4 Å². The zero-order valence-corrected chi connectivity index (χ0v) is 9.12. The van der Waals surface area contributed by atoms with Crippen LogP contribution in [0.4, 0.5) is 14.5 Å². The fourth-order valence-electron chi connectivity index (χ4n) is 1.03. The molecule has 0 N–H and O–H groups in total. The van der Waals surface area contributed by atoms with Gasteiger partial charge in [-0.1, -0.05) is 0 Å². The Balaban J connectivity index is 3.22. The van der Waals surface area contributed by atoms with Gasteiger partial charge in [0.15, 0.2) is 0 Å². The second kappa shape index (κ2) is 4.52. The minimum Gasteiger partial charge on any atom is -0.433 e. The molecule has 4 nitrogen and oxygen atoms in total. The quantitative estimate of drug-likeness (QED) is 0.631. The van der Waals surface area contributed by atoms with E-state index in [4.69, 9.17) is 0 Å². The van der Waals surface area contributed by atoms with Gasteiger partial charge in [-0.25, -0.2) is 0 Å². The van der Waals surface area contributed by atoms with Gasteiger partial charge in [-0.05, 0) is 34.5 Å². The van der Waals surface area contributed by atoms with E-state index in [0.29, 0.717) is 5.56 Å². The summed E-state index contributed by atoms with van der Waals surface area (Å²) >= 11 is 2.84. The van der Waals surface area contributed by atoms with E-state index in [-0.39, 0.29) is 15.9 Å². The van der Waals surface area contributed by atoms with Crippen molar-refractivity contribution in [2.24, 2.45) is 0 Å². The number of hydrogen-bond acceptors (Lipinski definition) is 3. The van der Waals surface area contributed by atoms with Crippen molar-refractivity contribution in [3.8, 4) is 5.75 Å². The number of nitro groups is 1. The van der Waals surface area contributed by atoms with E-state index >= 15 is 0 Å². The number of nitrogens with zero attached hydrogens (tertiary/aromatic N) is 1. The van der Waals surface area contributed by atoms with Crippen LogP contribution in [-0.2, 0) is 0 Å². The monoisotopic (exact) mass is 281 g/mol. The minimum atomic E-state index is -3.01. The van der Waals surface area contributed by atoms with Gasteiger partial charge < -0.3 is 4.74 Å². The molecule has 0 spiro atoms. The second-order valence-electron chi connectivity index (χ2n) is 2.73. The average molecular weight is 282 g/mol. The molecule has 0 amide bonds. The van der Waals surface area contributed by atoms with Gasteiger partial charge in [0.05, 0.1) is 4.92 Å². The number of ether oxygens (including phenoxy) is 1. The molecule has 7 heteroatoms. The van der Waals surface area contributed by atoms with E-state index in [1.807, 2.05) is 0 Å². The highest BCUT2D eigenvalue weighted by atomic mass is 79.9. The molecular formula is C8H6BrF2NO3. The highest BCUT2D eigenvalue weighted by Gasteiger charge is 2.19. The van der Waals surface area contributed by atoms with Gasteiger partial charge >= 0.3 is 6.61 Å². The Kier molecular flexibility index (Phi) is 3.57. The first-order valence-electron chi connectivity index (χ1n) is 3.81. The second-order valence-corrected chi connectivity index (χ2v) is 3.52. The average Bonchev–Trinajstić information content (AvgIpc) is 2.09. The van der Waals surface area contributed by atoms with Gasteiger partial charge in [0.25, 0.3) is 5.69 Å². The SMILES string of the molecule is Cc1cc(OC(F)F)c(Br)c([N+](=O)[O-])c1.